The van der Waals surface area contributed by atoms with E-state index in [0.29, 0.717) is 25.4 Å². The van der Waals surface area contributed by atoms with Gasteiger partial charge >= 0.3 is 12.1 Å². The van der Waals surface area contributed by atoms with Crippen LogP contribution in [-0.2, 0) is 24.2 Å². The average Bonchev–Trinajstić information content (AvgIpc) is 3.52. The Labute approximate surface area is 302 Å². The number of aliphatic imine (C=N–C) groups is 1. The number of amides is 3. The Kier molecular flexibility index (Phi) is 15.7. The molecule has 0 fully saturated rings. The Morgan fingerprint density at radius 3 is 2.20 bits per heavy atom. The van der Waals surface area contributed by atoms with Gasteiger partial charge < -0.3 is 25.6 Å². The Morgan fingerprint density at radius 2 is 1.58 bits per heavy atom. The average molecular weight is 699 g/mol. The van der Waals surface area contributed by atoms with Crippen LogP contribution in [0.2, 0.25) is 0 Å². The van der Waals surface area contributed by atoms with Gasteiger partial charge in [-0.2, -0.15) is 0 Å². The zero-order chi connectivity index (χ0) is 35.7. The van der Waals surface area contributed by atoms with Crippen LogP contribution in [0.1, 0.15) is 63.0 Å². The maximum atomic E-state index is 13.4. The summed E-state index contributed by atoms with van der Waals surface area (Å²) >= 11 is 1.46. The summed E-state index contributed by atoms with van der Waals surface area (Å²) < 4.78 is 5.54. The second-order valence-electron chi connectivity index (χ2n) is 13.6. The molecule has 3 aromatic rings. The quantitative estimate of drug-likeness (QED) is 0.127. The Balaban J connectivity index is 1.39. The number of hydrogen-bond acceptors (Lipinski definition) is 7. The van der Waals surface area contributed by atoms with Gasteiger partial charge in [-0.05, 0) is 61.1 Å². The Bertz CT molecular complexity index is 1540. The van der Waals surface area contributed by atoms with Crippen molar-refractivity contribution in [3.05, 3.63) is 112 Å². The summed E-state index contributed by atoms with van der Waals surface area (Å²) in [5, 5.41) is 10.2. The van der Waals surface area contributed by atoms with Gasteiger partial charge in [0.15, 0.2) is 0 Å². The van der Waals surface area contributed by atoms with Crippen molar-refractivity contribution >= 4 is 29.2 Å². The van der Waals surface area contributed by atoms with E-state index in [9.17, 15) is 9.59 Å². The van der Waals surface area contributed by atoms with Crippen LogP contribution in [0.25, 0.3) is 0 Å². The van der Waals surface area contributed by atoms with Gasteiger partial charge in [-0.1, -0.05) is 101 Å². The highest BCUT2D eigenvalue weighted by Crippen LogP contribution is 2.16. The summed E-state index contributed by atoms with van der Waals surface area (Å²) in [4.78, 5) is 37.8. The number of carbonyl (C=O) groups is 2. The molecule has 2 heterocycles. The summed E-state index contributed by atoms with van der Waals surface area (Å²) in [5.74, 6) is 0.532. The van der Waals surface area contributed by atoms with E-state index in [2.05, 4.69) is 103 Å². The van der Waals surface area contributed by atoms with Crippen molar-refractivity contribution in [1.29, 1.82) is 0 Å². The fraction of sp³-hybridized carbons (Fsp3) is 0.450. The number of hydrogen-bond donors (Lipinski definition) is 3. The number of allylic oxidation sites excluding steroid dienone is 3. The molecular weight excluding hydrogens is 645 g/mol. The lowest BCUT2D eigenvalue weighted by Crippen LogP contribution is -2.51. The van der Waals surface area contributed by atoms with Crippen LogP contribution >= 0.6 is 11.3 Å². The SMILES string of the molecule is CC(C)C1=NC(CN(C)C(=O)NC(CNC(CCC(Cc2ccccc2)NC(=O)OCc2cncs2)Cc2ccccc2)C(C)C)=CCC=C1. The fourth-order valence-corrected chi connectivity index (χ4v) is 6.26. The van der Waals surface area contributed by atoms with Crippen molar-refractivity contribution in [3.8, 4) is 0 Å². The van der Waals surface area contributed by atoms with E-state index in [1.165, 1.54) is 16.9 Å². The highest BCUT2D eigenvalue weighted by molar-refractivity contribution is 7.09. The zero-order valence-corrected chi connectivity index (χ0v) is 31.0. The van der Waals surface area contributed by atoms with E-state index in [1.54, 1.807) is 16.6 Å². The van der Waals surface area contributed by atoms with Crippen molar-refractivity contribution in [2.75, 3.05) is 20.1 Å². The smallest absolute Gasteiger partial charge is 0.407 e. The maximum Gasteiger partial charge on any atom is 0.407 e. The number of aromatic nitrogens is 1. The normalized spacial score (nSPS) is 14.7. The number of urea groups is 1. The molecular formula is C40H54N6O3S. The molecule has 0 radical (unpaired) electrons. The van der Waals surface area contributed by atoms with Gasteiger partial charge in [-0.15, -0.1) is 11.3 Å². The molecule has 0 spiro atoms. The minimum atomic E-state index is -0.430. The molecule has 3 unspecified atom stereocenters. The molecule has 3 amide bonds. The van der Waals surface area contributed by atoms with Gasteiger partial charge in [0.25, 0.3) is 0 Å². The molecule has 0 aliphatic carbocycles. The third-order valence-corrected chi connectivity index (χ3v) is 9.55. The van der Waals surface area contributed by atoms with Crippen LogP contribution in [0.5, 0.6) is 0 Å². The van der Waals surface area contributed by atoms with E-state index in [4.69, 9.17) is 9.73 Å². The second kappa shape index (κ2) is 20.4. The number of nitrogens with zero attached hydrogens (tertiary/aromatic N) is 3. The predicted molar refractivity (Wildman–Crippen MR) is 204 cm³/mol. The molecule has 268 valence electrons. The monoisotopic (exact) mass is 698 g/mol. The van der Waals surface area contributed by atoms with Gasteiger partial charge in [0.1, 0.15) is 6.61 Å². The number of likely N-dealkylation sites (N-methyl/N-ethyl adjacent to an activating group) is 1. The van der Waals surface area contributed by atoms with E-state index < -0.39 is 6.09 Å². The fourth-order valence-electron chi connectivity index (χ4n) is 5.75. The highest BCUT2D eigenvalue weighted by atomic mass is 32.1. The number of alkyl carbamates (subject to hydrolysis) is 1. The Hall–Kier alpha value is -4.28. The number of thiazole rings is 1. The molecule has 0 saturated carbocycles. The minimum Gasteiger partial charge on any atom is -0.444 e. The van der Waals surface area contributed by atoms with Gasteiger partial charge in [0.05, 0.1) is 22.6 Å². The molecule has 4 rings (SSSR count). The Morgan fingerprint density at radius 1 is 0.920 bits per heavy atom. The van der Waals surface area contributed by atoms with Gasteiger partial charge in [0, 0.05) is 43.6 Å². The number of rotatable bonds is 18. The maximum absolute atomic E-state index is 13.4. The largest absolute Gasteiger partial charge is 0.444 e. The molecule has 9 nitrogen and oxygen atoms in total. The van der Waals surface area contributed by atoms with Crippen LogP contribution in [0.3, 0.4) is 0 Å². The van der Waals surface area contributed by atoms with Crippen molar-refractivity contribution in [2.24, 2.45) is 16.8 Å². The molecule has 0 saturated heterocycles. The first-order valence-electron chi connectivity index (χ1n) is 17.7. The van der Waals surface area contributed by atoms with Crippen molar-refractivity contribution in [3.63, 3.8) is 0 Å². The lowest BCUT2D eigenvalue weighted by Gasteiger charge is -2.29. The molecule has 10 heteroatoms. The third kappa shape index (κ3) is 13.6. The van der Waals surface area contributed by atoms with Crippen molar-refractivity contribution < 1.29 is 14.3 Å². The first-order valence-corrected chi connectivity index (χ1v) is 18.6. The lowest BCUT2D eigenvalue weighted by atomic mass is 9.95. The van der Waals surface area contributed by atoms with Gasteiger partial charge in [0.2, 0.25) is 0 Å². The standard InChI is InChI=1S/C40H54N6O3S/c1-29(2)37-19-13-12-18-35(43-37)26-46(5)39(47)45-38(30(3)4)25-42-33(22-31-14-8-6-9-15-31)20-21-34(23-32-16-10-7-11-17-32)44-40(48)49-27-36-24-41-28-50-36/h6-11,13-19,24,28-30,33-34,38,42H,12,20-23,25-27H2,1-5H3,(H,44,48)(H,45,47). The van der Waals surface area contributed by atoms with E-state index in [-0.39, 0.29) is 36.7 Å². The van der Waals surface area contributed by atoms with Crippen molar-refractivity contribution in [2.45, 2.75) is 84.5 Å². The second-order valence-corrected chi connectivity index (χ2v) is 14.6. The van der Waals surface area contributed by atoms with Crippen LogP contribution in [0.15, 0.2) is 101 Å². The summed E-state index contributed by atoms with van der Waals surface area (Å²) in [6.07, 6.45) is 11.5. The third-order valence-electron chi connectivity index (χ3n) is 8.79. The molecule has 3 N–H and O–H groups in total. The topological polar surface area (TPSA) is 108 Å². The zero-order valence-electron chi connectivity index (χ0n) is 30.2. The summed E-state index contributed by atoms with van der Waals surface area (Å²) in [6, 6.07) is 20.5. The summed E-state index contributed by atoms with van der Waals surface area (Å²) in [7, 11) is 1.82. The van der Waals surface area contributed by atoms with Crippen LogP contribution in [0, 0.1) is 11.8 Å². The number of carbonyl (C=O) groups excluding carboxylic acids is 2. The molecule has 50 heavy (non-hydrogen) atoms. The van der Waals surface area contributed by atoms with Gasteiger partial charge in [-0.25, -0.2) is 9.59 Å². The van der Waals surface area contributed by atoms with Crippen LogP contribution < -0.4 is 16.0 Å². The summed E-state index contributed by atoms with van der Waals surface area (Å²) in [5.41, 5.74) is 6.06. The summed E-state index contributed by atoms with van der Waals surface area (Å²) in [6.45, 7) is 9.79. The van der Waals surface area contributed by atoms with E-state index >= 15 is 0 Å². The van der Waals surface area contributed by atoms with E-state index in [0.717, 1.165) is 47.5 Å². The first-order chi connectivity index (χ1) is 24.2. The van der Waals surface area contributed by atoms with Crippen LogP contribution in [-0.4, -0.2) is 66.0 Å². The molecule has 0 bridgehead atoms. The van der Waals surface area contributed by atoms with Gasteiger partial charge in [-0.3, -0.25) is 9.98 Å². The molecule has 1 aliphatic rings. The molecule has 1 aliphatic heterocycles. The molecule has 3 atom stereocenters. The van der Waals surface area contributed by atoms with E-state index in [1.807, 2.05) is 31.3 Å². The predicted octanol–water partition coefficient (Wildman–Crippen LogP) is 7.57. The van der Waals surface area contributed by atoms with Crippen LogP contribution in [0.4, 0.5) is 9.59 Å². The number of nitrogens with one attached hydrogen (secondary N) is 3. The molecule has 1 aromatic heterocycles. The number of ether oxygens (including phenoxy) is 1. The highest BCUT2D eigenvalue weighted by Gasteiger charge is 2.23. The minimum absolute atomic E-state index is 0.0808. The van der Waals surface area contributed by atoms with Crippen molar-refractivity contribution in [1.82, 2.24) is 25.8 Å². The lowest BCUT2D eigenvalue weighted by molar-refractivity contribution is 0.135. The number of benzene rings is 2. The first kappa shape index (κ1) is 38.5. The molecule has 2 aromatic carbocycles.